The van der Waals surface area contributed by atoms with E-state index in [1.165, 1.54) is 25.8 Å². The van der Waals surface area contributed by atoms with Gasteiger partial charge in [-0.25, -0.2) is 9.59 Å². The highest BCUT2D eigenvalue weighted by Gasteiger charge is 2.36. The van der Waals surface area contributed by atoms with Crippen LogP contribution in [-0.4, -0.2) is 52.1 Å². The van der Waals surface area contributed by atoms with E-state index in [0.29, 0.717) is 0 Å². The Balaban J connectivity index is 2.55. The number of carboxylic acid groups (broad SMARTS) is 1. The number of urea groups is 1. The largest absolute Gasteiger partial charge is 0.480 e. The molecule has 1 rings (SSSR count). The van der Waals surface area contributed by atoms with Crippen molar-refractivity contribution in [1.82, 2.24) is 10.2 Å². The van der Waals surface area contributed by atoms with Crippen molar-refractivity contribution in [1.29, 1.82) is 0 Å². The second kappa shape index (κ2) is 4.95. The van der Waals surface area contributed by atoms with Crippen LogP contribution in [0.15, 0.2) is 0 Å². The number of carbonyl (C=O) groups excluding carboxylic acids is 1. The lowest BCUT2D eigenvalue weighted by Crippen LogP contribution is -2.55. The summed E-state index contributed by atoms with van der Waals surface area (Å²) in [6.45, 7) is 3.02. The van der Waals surface area contributed by atoms with Gasteiger partial charge < -0.3 is 15.3 Å². The highest BCUT2D eigenvalue weighted by atomic mass is 32.2. The molecular formula is C10H18N2O3S. The van der Waals surface area contributed by atoms with Crippen molar-refractivity contribution in [2.24, 2.45) is 0 Å². The van der Waals surface area contributed by atoms with Gasteiger partial charge in [0, 0.05) is 18.8 Å². The van der Waals surface area contributed by atoms with Gasteiger partial charge in [0.05, 0.1) is 0 Å². The quantitative estimate of drug-likeness (QED) is 0.779. The van der Waals surface area contributed by atoms with Crippen LogP contribution < -0.4 is 5.32 Å². The molecule has 6 heteroatoms. The second-order valence-corrected chi connectivity index (χ2v) is 5.58. The van der Waals surface area contributed by atoms with Gasteiger partial charge in [0.1, 0.15) is 5.54 Å². The molecule has 1 aliphatic heterocycles. The molecule has 1 fully saturated rings. The van der Waals surface area contributed by atoms with Gasteiger partial charge in [0.25, 0.3) is 0 Å². The molecule has 0 saturated carbocycles. The number of aliphatic carboxylic acids is 1. The molecule has 5 nitrogen and oxygen atoms in total. The first-order valence-electron chi connectivity index (χ1n) is 5.21. The molecule has 2 N–H and O–H groups in total. The van der Waals surface area contributed by atoms with Gasteiger partial charge in [-0.15, -0.1) is 0 Å². The summed E-state index contributed by atoms with van der Waals surface area (Å²) < 4.78 is 0. The molecule has 0 aromatic carbocycles. The molecule has 0 aromatic rings. The number of hydrogen-bond donors (Lipinski definition) is 2. The van der Waals surface area contributed by atoms with Crippen LogP contribution in [0.3, 0.4) is 0 Å². The number of nitrogens with one attached hydrogen (secondary N) is 1. The van der Waals surface area contributed by atoms with E-state index < -0.39 is 11.5 Å². The van der Waals surface area contributed by atoms with Gasteiger partial charge in [0.15, 0.2) is 0 Å². The SMILES string of the molecule is CN(C(=O)NC1CCSC1)C(C)(C)C(=O)O. The Labute approximate surface area is 99.6 Å². The third-order valence-corrected chi connectivity index (χ3v) is 4.09. The molecule has 16 heavy (non-hydrogen) atoms. The Morgan fingerprint density at radius 2 is 2.12 bits per heavy atom. The average Bonchev–Trinajstić information content (AvgIpc) is 2.68. The predicted molar refractivity (Wildman–Crippen MR) is 63.7 cm³/mol. The lowest BCUT2D eigenvalue weighted by molar-refractivity contribution is -0.146. The average molecular weight is 246 g/mol. The molecule has 0 radical (unpaired) electrons. The minimum atomic E-state index is -1.18. The van der Waals surface area contributed by atoms with Crippen LogP contribution in [-0.2, 0) is 4.79 Å². The maximum Gasteiger partial charge on any atom is 0.329 e. The molecule has 1 heterocycles. The van der Waals surface area contributed by atoms with Crippen LogP contribution in [0.5, 0.6) is 0 Å². The van der Waals surface area contributed by atoms with E-state index in [2.05, 4.69) is 5.32 Å². The Morgan fingerprint density at radius 3 is 2.56 bits per heavy atom. The van der Waals surface area contributed by atoms with E-state index in [4.69, 9.17) is 5.11 Å². The number of carboxylic acids is 1. The maximum absolute atomic E-state index is 11.8. The zero-order valence-corrected chi connectivity index (χ0v) is 10.6. The van der Waals surface area contributed by atoms with Gasteiger partial charge in [-0.1, -0.05) is 0 Å². The van der Waals surface area contributed by atoms with Crippen LogP contribution >= 0.6 is 11.8 Å². The molecular weight excluding hydrogens is 228 g/mol. The molecule has 2 amide bonds. The van der Waals surface area contributed by atoms with Gasteiger partial charge in [-0.2, -0.15) is 11.8 Å². The van der Waals surface area contributed by atoms with Crippen molar-refractivity contribution in [3.05, 3.63) is 0 Å². The lowest BCUT2D eigenvalue weighted by atomic mass is 10.0. The summed E-state index contributed by atoms with van der Waals surface area (Å²) >= 11 is 1.80. The smallest absolute Gasteiger partial charge is 0.329 e. The second-order valence-electron chi connectivity index (χ2n) is 4.43. The van der Waals surface area contributed by atoms with E-state index in [-0.39, 0.29) is 12.1 Å². The number of rotatable bonds is 3. The summed E-state index contributed by atoms with van der Waals surface area (Å²) in [5.41, 5.74) is -1.18. The maximum atomic E-state index is 11.8. The summed E-state index contributed by atoms with van der Waals surface area (Å²) in [6.07, 6.45) is 0.956. The summed E-state index contributed by atoms with van der Waals surface area (Å²) in [4.78, 5) is 24.0. The van der Waals surface area contributed by atoms with Crippen LogP contribution in [0.25, 0.3) is 0 Å². The standard InChI is InChI=1S/C10H18N2O3S/c1-10(2,8(13)14)12(3)9(15)11-7-4-5-16-6-7/h7H,4-6H2,1-3H3,(H,11,15)(H,13,14). The van der Waals surface area contributed by atoms with Crippen LogP contribution in [0, 0.1) is 0 Å². The molecule has 1 aliphatic rings. The summed E-state index contributed by atoms with van der Waals surface area (Å²) in [7, 11) is 1.51. The molecule has 0 aliphatic carbocycles. The van der Waals surface area contributed by atoms with Gasteiger partial charge in [-0.05, 0) is 26.0 Å². The molecule has 0 aromatic heterocycles. The van der Waals surface area contributed by atoms with Crippen LogP contribution in [0.2, 0.25) is 0 Å². The normalized spacial score (nSPS) is 20.6. The zero-order chi connectivity index (χ0) is 12.3. The first-order valence-corrected chi connectivity index (χ1v) is 6.36. The third kappa shape index (κ3) is 2.81. The summed E-state index contributed by atoms with van der Waals surface area (Å²) in [5.74, 6) is 0.954. The van der Waals surface area contributed by atoms with Crippen LogP contribution in [0.4, 0.5) is 4.79 Å². The van der Waals surface area contributed by atoms with Crippen molar-refractivity contribution in [3.63, 3.8) is 0 Å². The third-order valence-electron chi connectivity index (χ3n) is 2.92. The number of likely N-dealkylation sites (N-methyl/N-ethyl adjacent to an activating group) is 1. The molecule has 1 atom stereocenters. The van der Waals surface area contributed by atoms with Gasteiger partial charge >= 0.3 is 12.0 Å². The van der Waals surface area contributed by atoms with E-state index >= 15 is 0 Å². The predicted octanol–water partition coefficient (Wildman–Crippen LogP) is 0.996. The number of nitrogens with zero attached hydrogens (tertiary/aromatic N) is 1. The molecule has 92 valence electrons. The summed E-state index contributed by atoms with van der Waals surface area (Å²) in [5, 5.41) is 11.8. The number of thioether (sulfide) groups is 1. The van der Waals surface area contributed by atoms with E-state index in [0.717, 1.165) is 17.9 Å². The van der Waals surface area contributed by atoms with E-state index in [1.807, 2.05) is 0 Å². The van der Waals surface area contributed by atoms with Crippen LogP contribution in [0.1, 0.15) is 20.3 Å². The Morgan fingerprint density at radius 1 is 1.50 bits per heavy atom. The minimum Gasteiger partial charge on any atom is -0.480 e. The highest BCUT2D eigenvalue weighted by molar-refractivity contribution is 7.99. The Bertz CT molecular complexity index is 288. The molecule has 1 unspecified atom stereocenters. The fourth-order valence-corrected chi connectivity index (χ4v) is 2.47. The van der Waals surface area contributed by atoms with Gasteiger partial charge in [0.2, 0.25) is 0 Å². The van der Waals surface area contributed by atoms with Crippen molar-refractivity contribution < 1.29 is 14.7 Å². The first kappa shape index (κ1) is 13.2. The fourth-order valence-electron chi connectivity index (χ4n) is 1.32. The van der Waals surface area contributed by atoms with Crippen molar-refractivity contribution in [2.75, 3.05) is 18.6 Å². The number of carbonyl (C=O) groups is 2. The number of hydrogen-bond acceptors (Lipinski definition) is 3. The topological polar surface area (TPSA) is 69.6 Å². The fraction of sp³-hybridized carbons (Fsp3) is 0.800. The first-order chi connectivity index (χ1) is 7.35. The van der Waals surface area contributed by atoms with Crippen molar-refractivity contribution in [3.8, 4) is 0 Å². The monoisotopic (exact) mass is 246 g/mol. The molecule has 0 bridgehead atoms. The lowest BCUT2D eigenvalue weighted by Gasteiger charge is -2.32. The highest BCUT2D eigenvalue weighted by Crippen LogP contribution is 2.18. The van der Waals surface area contributed by atoms with E-state index in [1.54, 1.807) is 11.8 Å². The zero-order valence-electron chi connectivity index (χ0n) is 9.82. The molecule has 0 spiro atoms. The number of amides is 2. The van der Waals surface area contributed by atoms with Gasteiger partial charge in [-0.3, -0.25) is 0 Å². The van der Waals surface area contributed by atoms with Crippen molar-refractivity contribution >= 4 is 23.8 Å². The minimum absolute atomic E-state index is 0.171. The Hall–Kier alpha value is -0.910. The summed E-state index contributed by atoms with van der Waals surface area (Å²) in [6, 6.07) is -0.149. The molecule has 1 saturated heterocycles. The Kier molecular flexibility index (Phi) is 4.07. The van der Waals surface area contributed by atoms with Crippen molar-refractivity contribution in [2.45, 2.75) is 31.8 Å². The van der Waals surface area contributed by atoms with E-state index in [9.17, 15) is 9.59 Å².